The van der Waals surface area contributed by atoms with Crippen LogP contribution in [0.15, 0.2) is 78.4 Å². The monoisotopic (exact) mass is 512 g/mol. The lowest BCUT2D eigenvalue weighted by Gasteiger charge is -2.21. The Hall–Kier alpha value is -2.74. The lowest BCUT2D eigenvalue weighted by molar-refractivity contribution is -2.00. The van der Waals surface area contributed by atoms with Crippen molar-refractivity contribution in [3.63, 3.8) is 0 Å². The van der Waals surface area contributed by atoms with E-state index < -0.39 is 20.5 Å². The largest absolute Gasteiger partial charge is 0.358 e. The molecule has 0 saturated carbocycles. The number of carbonyl (C=O) groups excluding carboxylic acids is 2. The second-order valence-electron chi connectivity index (χ2n) is 6.48. The van der Waals surface area contributed by atoms with Crippen LogP contribution >= 0.6 is 0 Å². The third kappa shape index (κ3) is 8.24. The first-order valence-electron chi connectivity index (χ1n) is 9.19. The van der Waals surface area contributed by atoms with Crippen molar-refractivity contribution in [1.82, 2.24) is 0 Å². The molecule has 0 radical (unpaired) electrons. The van der Waals surface area contributed by atoms with E-state index >= 15 is 0 Å². The van der Waals surface area contributed by atoms with Crippen LogP contribution in [0.1, 0.15) is 26.7 Å². The van der Waals surface area contributed by atoms with E-state index in [1.165, 1.54) is 22.3 Å². The summed E-state index contributed by atoms with van der Waals surface area (Å²) in [7, 11) is -6.46. The Morgan fingerprint density at radius 3 is 1.21 bits per heavy atom. The highest BCUT2D eigenvalue weighted by Crippen LogP contribution is 2.39. The first-order chi connectivity index (χ1) is 15.8. The van der Waals surface area contributed by atoms with Crippen LogP contribution in [0.3, 0.4) is 0 Å². The average molecular weight is 513 g/mol. The topological polar surface area (TPSA) is 207 Å². The van der Waals surface area contributed by atoms with Gasteiger partial charge < -0.3 is 0 Å². The zero-order valence-corrected chi connectivity index (χ0v) is 19.3. The lowest BCUT2D eigenvalue weighted by atomic mass is 9.79. The van der Waals surface area contributed by atoms with Crippen molar-refractivity contribution >= 4 is 17.1 Å². The lowest BCUT2D eigenvalue weighted by Crippen LogP contribution is -2.68. The fraction of sp³-hybridized carbons (Fsp3) is 0.0909. The Morgan fingerprint density at radius 1 is 0.529 bits per heavy atom. The minimum Gasteiger partial charge on any atom is -0.258 e. The van der Waals surface area contributed by atoms with E-state index in [9.17, 15) is 0 Å². The van der Waals surface area contributed by atoms with E-state index in [4.69, 9.17) is 46.1 Å². The molecule has 0 saturated heterocycles. The number of benzene rings is 2. The van der Waals surface area contributed by atoms with Crippen LogP contribution in [0, 0.1) is 20.5 Å². The number of hydrogen-bond donors (Lipinski definition) is 0. The van der Waals surface area contributed by atoms with Crippen molar-refractivity contribution in [2.75, 3.05) is 14.2 Å². The number of fused-ring (bicyclic) bond motifs is 2. The fourth-order valence-corrected chi connectivity index (χ4v) is 3.38. The zero-order chi connectivity index (χ0) is 25.5. The molecular weight excluding hydrogens is 495 g/mol. The van der Waals surface area contributed by atoms with Gasteiger partial charge in [0.2, 0.25) is 0 Å². The molecule has 0 N–H and O–H groups in total. The molecule has 0 bridgehead atoms. The summed E-state index contributed by atoms with van der Waals surface area (Å²) in [4.78, 5) is 0. The summed E-state index contributed by atoms with van der Waals surface area (Å²) in [5.41, 5.74) is 7.04. The van der Waals surface area contributed by atoms with Gasteiger partial charge in [0.15, 0.2) is 0 Å². The Bertz CT molecular complexity index is 1080. The molecule has 0 fully saturated rings. The standard InChI is InChI=1S/C22H18O2.2ClHO4/c1-23-16-13-11-15(12-14-16)21-17-7-3-5-9-19(17)22(24-2)20-10-6-4-8-18(20)21;2*2-1(3,4)5/h3-14H,1-2H3;2*(H,2,3,4,5)/q+2;;/p-2. The quantitative estimate of drug-likeness (QED) is 0.264. The molecule has 2 aliphatic carbocycles. The highest BCUT2D eigenvalue weighted by Gasteiger charge is 2.33. The highest BCUT2D eigenvalue weighted by atomic mass is 35.7. The van der Waals surface area contributed by atoms with Crippen molar-refractivity contribution in [2.24, 2.45) is 0 Å². The molecule has 180 valence electrons. The second-order valence-corrected chi connectivity index (χ2v) is 8.00. The number of rotatable bonds is 0. The van der Waals surface area contributed by atoms with Gasteiger partial charge in [-0.25, -0.2) is 37.3 Å². The number of halogens is 2. The van der Waals surface area contributed by atoms with E-state index in [0.29, 0.717) is 0 Å². The van der Waals surface area contributed by atoms with E-state index in [0.717, 1.165) is 22.7 Å². The molecule has 34 heavy (non-hydrogen) atoms. The third-order valence-corrected chi connectivity index (χ3v) is 4.46. The molecule has 10 nitrogen and oxygen atoms in total. The normalized spacial score (nSPS) is 14.3. The third-order valence-electron chi connectivity index (χ3n) is 4.46. The molecule has 0 heterocycles. The molecule has 2 aliphatic rings. The minimum absolute atomic E-state index is 0.862. The molecule has 4 rings (SSSR count). The van der Waals surface area contributed by atoms with Crippen molar-refractivity contribution in [3.8, 4) is 0 Å². The second kappa shape index (κ2) is 11.6. The summed E-state index contributed by atoms with van der Waals surface area (Å²) >= 11 is 0. The molecule has 0 aliphatic heterocycles. The predicted molar refractivity (Wildman–Crippen MR) is 97.5 cm³/mol. The Labute approximate surface area is 198 Å². The maximum atomic E-state index is 8.49. The molecule has 0 unspecified atom stereocenters. The number of ketones is 2. The van der Waals surface area contributed by atoms with Gasteiger partial charge in [-0.3, -0.25) is 8.85 Å². The van der Waals surface area contributed by atoms with Gasteiger partial charge in [-0.2, -0.15) is 0 Å². The van der Waals surface area contributed by atoms with Gasteiger partial charge >= 0.3 is 11.6 Å². The maximum absolute atomic E-state index is 8.49. The number of allylic oxidation sites excluding steroid dienone is 5. The van der Waals surface area contributed by atoms with E-state index in [-0.39, 0.29) is 0 Å². The summed E-state index contributed by atoms with van der Waals surface area (Å²) in [5, 5.41) is 0. The van der Waals surface area contributed by atoms with Crippen LogP contribution in [0.25, 0.3) is 5.57 Å². The van der Waals surface area contributed by atoms with Gasteiger partial charge in [0.05, 0.1) is 11.1 Å². The van der Waals surface area contributed by atoms with Crippen LogP contribution in [0.5, 0.6) is 0 Å². The van der Waals surface area contributed by atoms with Crippen LogP contribution in [0.4, 0.5) is 0 Å². The minimum atomic E-state index is -4.94. The molecule has 0 amide bonds. The Balaban J connectivity index is 0.000000347. The molecule has 0 spiro atoms. The van der Waals surface area contributed by atoms with Gasteiger partial charge in [0.1, 0.15) is 0 Å². The highest BCUT2D eigenvalue weighted by molar-refractivity contribution is 6.19. The van der Waals surface area contributed by atoms with Gasteiger partial charge in [0.25, 0.3) is 14.2 Å². The van der Waals surface area contributed by atoms with Gasteiger partial charge in [-0.05, 0) is 46.6 Å². The first-order valence-corrected chi connectivity index (χ1v) is 11.7. The summed E-state index contributed by atoms with van der Waals surface area (Å²) in [6.07, 6.45) is 8.23. The van der Waals surface area contributed by atoms with Crippen LogP contribution in [-0.4, -0.2) is 25.8 Å². The van der Waals surface area contributed by atoms with Crippen molar-refractivity contribution < 1.29 is 66.6 Å². The Kier molecular flexibility index (Phi) is 9.38. The van der Waals surface area contributed by atoms with Crippen molar-refractivity contribution in [1.29, 1.82) is 0 Å². The van der Waals surface area contributed by atoms with E-state index in [1.54, 1.807) is 14.2 Å². The van der Waals surface area contributed by atoms with Gasteiger partial charge in [0, 0.05) is 12.2 Å². The van der Waals surface area contributed by atoms with Crippen LogP contribution in [0.2, 0.25) is 0 Å². The van der Waals surface area contributed by atoms with Crippen molar-refractivity contribution in [3.05, 3.63) is 101 Å². The summed E-state index contributed by atoms with van der Waals surface area (Å²) < 4.78 is 79.0. The molecule has 0 atom stereocenters. The van der Waals surface area contributed by atoms with E-state index in [1.807, 2.05) is 12.2 Å². The molecule has 12 heteroatoms. The molecule has 2 aromatic rings. The fourth-order valence-electron chi connectivity index (χ4n) is 3.38. The zero-order valence-electron chi connectivity index (χ0n) is 17.8. The molecule has 0 aromatic heterocycles. The van der Waals surface area contributed by atoms with Gasteiger partial charge in [-0.15, -0.1) is 20.5 Å². The maximum Gasteiger partial charge on any atom is 0.358 e. The van der Waals surface area contributed by atoms with E-state index in [2.05, 4.69) is 60.7 Å². The SMILES string of the molecule is C[O+]=C1C=CC(=C2c3ccccc3C(=[O+]C)c3ccccc32)C=C1.[O-][Cl+3]([O-])([O-])[O-].[O-][Cl+3]([O-])([O-])[O-]. The summed E-state index contributed by atoms with van der Waals surface area (Å²) in [6, 6.07) is 16.8. The van der Waals surface area contributed by atoms with Crippen LogP contribution < -0.4 is 37.3 Å². The average Bonchev–Trinajstić information content (AvgIpc) is 2.75. The van der Waals surface area contributed by atoms with Crippen molar-refractivity contribution in [2.45, 2.75) is 0 Å². The first kappa shape index (κ1) is 27.5. The Morgan fingerprint density at radius 2 is 0.882 bits per heavy atom. The van der Waals surface area contributed by atoms with Gasteiger partial charge in [-0.1, -0.05) is 36.4 Å². The summed E-state index contributed by atoms with van der Waals surface area (Å²) in [5.74, 6) is 1.79. The predicted octanol–water partition coefficient (Wildman–Crippen LogP) is -5.45. The number of hydrogen-bond acceptors (Lipinski definition) is 8. The van der Waals surface area contributed by atoms with Crippen LogP contribution in [-0.2, 0) is 4.42 Å². The molecule has 2 aromatic carbocycles. The summed E-state index contributed by atoms with van der Waals surface area (Å²) in [6.45, 7) is 0. The molecular formula is C22H18Cl2O10. The smallest absolute Gasteiger partial charge is 0.258 e.